The second-order valence-electron chi connectivity index (χ2n) is 3.80. The monoisotopic (exact) mass is 262 g/mol. The number of aryl methyl sites for hydroxylation is 1. The Hall–Kier alpha value is -1.88. The third kappa shape index (κ3) is 2.68. The van der Waals surface area contributed by atoms with Crippen LogP contribution in [0.1, 0.15) is 12.5 Å². The Balaban J connectivity index is 2.34. The van der Waals surface area contributed by atoms with Crippen molar-refractivity contribution >= 4 is 15.7 Å². The number of sulfonamides is 1. The molecule has 0 aliphatic heterocycles. The molecule has 18 heavy (non-hydrogen) atoms. The highest BCUT2D eigenvalue weighted by atomic mass is 32.2. The van der Waals surface area contributed by atoms with E-state index < -0.39 is 10.0 Å². The van der Waals surface area contributed by atoms with Crippen LogP contribution in [0.25, 0.3) is 0 Å². The highest BCUT2D eigenvalue weighted by molar-refractivity contribution is 7.92. The molecule has 0 unspecified atom stereocenters. The molecule has 0 aliphatic carbocycles. The summed E-state index contributed by atoms with van der Waals surface area (Å²) in [4.78, 5) is 4.19. The van der Waals surface area contributed by atoms with E-state index in [0.717, 1.165) is 12.0 Å². The van der Waals surface area contributed by atoms with Crippen molar-refractivity contribution < 1.29 is 8.42 Å². The Morgan fingerprint density at radius 1 is 1.17 bits per heavy atom. The van der Waals surface area contributed by atoms with Gasteiger partial charge in [0.15, 0.2) is 0 Å². The Morgan fingerprint density at radius 3 is 2.56 bits per heavy atom. The fourth-order valence-corrected chi connectivity index (χ4v) is 2.73. The lowest BCUT2D eigenvalue weighted by molar-refractivity contribution is 0.601. The fourth-order valence-electron chi connectivity index (χ4n) is 1.63. The van der Waals surface area contributed by atoms with E-state index in [4.69, 9.17) is 0 Å². The maximum atomic E-state index is 12.1. The van der Waals surface area contributed by atoms with Gasteiger partial charge in [0.1, 0.15) is 0 Å². The van der Waals surface area contributed by atoms with Gasteiger partial charge in [0.05, 0.1) is 16.8 Å². The fraction of sp³-hybridized carbons (Fsp3) is 0.154. The number of nitrogens with zero attached hydrogens (tertiary/aromatic N) is 1. The average Bonchev–Trinajstić information content (AvgIpc) is 2.40. The molecule has 2 aromatic rings. The lowest BCUT2D eigenvalue weighted by Crippen LogP contribution is -2.14. The van der Waals surface area contributed by atoms with E-state index in [9.17, 15) is 8.42 Å². The molecule has 1 heterocycles. The standard InChI is InChI=1S/C13H14N2O2S/c1-2-11-8-9-14-10-13(11)15-18(16,17)12-6-4-3-5-7-12/h3-10,15H,2H2,1H3. The molecule has 0 saturated carbocycles. The maximum Gasteiger partial charge on any atom is 0.261 e. The first-order chi connectivity index (χ1) is 8.63. The van der Waals surface area contributed by atoms with Gasteiger partial charge in [-0.25, -0.2) is 8.42 Å². The van der Waals surface area contributed by atoms with Gasteiger partial charge in [0.25, 0.3) is 10.0 Å². The van der Waals surface area contributed by atoms with Crippen LogP contribution in [-0.2, 0) is 16.4 Å². The van der Waals surface area contributed by atoms with E-state index in [0.29, 0.717) is 5.69 Å². The lowest BCUT2D eigenvalue weighted by atomic mass is 10.2. The van der Waals surface area contributed by atoms with Crippen molar-refractivity contribution in [2.24, 2.45) is 0 Å². The molecule has 0 spiro atoms. The van der Waals surface area contributed by atoms with Crippen molar-refractivity contribution in [2.45, 2.75) is 18.2 Å². The number of nitrogens with one attached hydrogen (secondary N) is 1. The van der Waals surface area contributed by atoms with E-state index in [2.05, 4.69) is 9.71 Å². The predicted molar refractivity (Wildman–Crippen MR) is 70.9 cm³/mol. The van der Waals surface area contributed by atoms with Gasteiger partial charge in [-0.3, -0.25) is 9.71 Å². The van der Waals surface area contributed by atoms with Gasteiger partial charge < -0.3 is 0 Å². The largest absolute Gasteiger partial charge is 0.278 e. The summed E-state index contributed by atoms with van der Waals surface area (Å²) in [6, 6.07) is 10.1. The van der Waals surface area contributed by atoms with E-state index >= 15 is 0 Å². The van der Waals surface area contributed by atoms with Crippen molar-refractivity contribution in [3.05, 3.63) is 54.4 Å². The van der Waals surface area contributed by atoms with Gasteiger partial charge >= 0.3 is 0 Å². The molecule has 2 rings (SSSR count). The van der Waals surface area contributed by atoms with Crippen LogP contribution >= 0.6 is 0 Å². The summed E-state index contributed by atoms with van der Waals surface area (Å²) in [6.45, 7) is 1.97. The quantitative estimate of drug-likeness (QED) is 0.920. The molecule has 0 atom stereocenters. The van der Waals surface area contributed by atoms with Crippen molar-refractivity contribution in [3.8, 4) is 0 Å². The van der Waals surface area contributed by atoms with Crippen LogP contribution in [0.3, 0.4) is 0 Å². The number of rotatable bonds is 4. The van der Waals surface area contributed by atoms with Crippen molar-refractivity contribution in [3.63, 3.8) is 0 Å². The summed E-state index contributed by atoms with van der Waals surface area (Å²) in [6.07, 6.45) is 3.92. The Kier molecular flexibility index (Phi) is 3.62. The molecule has 0 aliphatic rings. The Morgan fingerprint density at radius 2 is 1.89 bits per heavy atom. The minimum atomic E-state index is -3.54. The minimum absolute atomic E-state index is 0.246. The van der Waals surface area contributed by atoms with Crippen LogP contribution in [0.2, 0.25) is 0 Å². The van der Waals surface area contributed by atoms with Crippen LogP contribution in [0.15, 0.2) is 53.7 Å². The first-order valence-electron chi connectivity index (χ1n) is 5.64. The number of anilines is 1. The first-order valence-corrected chi connectivity index (χ1v) is 7.12. The van der Waals surface area contributed by atoms with E-state index in [1.54, 1.807) is 36.5 Å². The van der Waals surface area contributed by atoms with E-state index in [-0.39, 0.29) is 4.90 Å². The van der Waals surface area contributed by atoms with Crippen LogP contribution in [0.4, 0.5) is 5.69 Å². The molecule has 5 heteroatoms. The maximum absolute atomic E-state index is 12.1. The molecule has 0 fully saturated rings. The highest BCUT2D eigenvalue weighted by Crippen LogP contribution is 2.19. The molecule has 0 amide bonds. The van der Waals surface area contributed by atoms with Crippen LogP contribution < -0.4 is 4.72 Å². The predicted octanol–water partition coefficient (Wildman–Crippen LogP) is 2.44. The SMILES string of the molecule is CCc1ccncc1NS(=O)(=O)c1ccccc1. The average molecular weight is 262 g/mol. The molecule has 0 bridgehead atoms. The molecule has 94 valence electrons. The zero-order chi connectivity index (χ0) is 13.0. The summed E-state index contributed by atoms with van der Waals surface area (Å²) in [5, 5.41) is 0. The normalized spacial score (nSPS) is 11.2. The minimum Gasteiger partial charge on any atom is -0.278 e. The Labute approximate surface area is 107 Å². The van der Waals surface area contributed by atoms with Crippen LogP contribution in [0.5, 0.6) is 0 Å². The van der Waals surface area contributed by atoms with E-state index in [1.807, 2.05) is 13.0 Å². The van der Waals surface area contributed by atoms with Gasteiger partial charge in [-0.05, 0) is 30.2 Å². The number of pyridine rings is 1. The second kappa shape index (κ2) is 5.18. The first kappa shape index (κ1) is 12.6. The number of benzene rings is 1. The topological polar surface area (TPSA) is 59.1 Å². The summed E-state index contributed by atoms with van der Waals surface area (Å²) >= 11 is 0. The molecule has 1 N–H and O–H groups in total. The third-order valence-electron chi connectivity index (χ3n) is 2.59. The van der Waals surface area contributed by atoms with Crippen LogP contribution in [0, 0.1) is 0 Å². The van der Waals surface area contributed by atoms with Crippen molar-refractivity contribution in [1.82, 2.24) is 4.98 Å². The number of hydrogen-bond donors (Lipinski definition) is 1. The highest BCUT2D eigenvalue weighted by Gasteiger charge is 2.14. The smallest absolute Gasteiger partial charge is 0.261 e. The number of aromatic nitrogens is 1. The van der Waals surface area contributed by atoms with Gasteiger partial charge in [-0.15, -0.1) is 0 Å². The van der Waals surface area contributed by atoms with Crippen molar-refractivity contribution in [2.75, 3.05) is 4.72 Å². The number of hydrogen-bond acceptors (Lipinski definition) is 3. The zero-order valence-corrected chi connectivity index (χ0v) is 10.8. The van der Waals surface area contributed by atoms with Gasteiger partial charge in [-0.1, -0.05) is 25.1 Å². The van der Waals surface area contributed by atoms with Gasteiger partial charge in [-0.2, -0.15) is 0 Å². The van der Waals surface area contributed by atoms with E-state index in [1.165, 1.54) is 6.20 Å². The summed E-state index contributed by atoms with van der Waals surface area (Å²) in [7, 11) is -3.54. The third-order valence-corrected chi connectivity index (χ3v) is 3.97. The molecule has 0 radical (unpaired) electrons. The van der Waals surface area contributed by atoms with Crippen LogP contribution in [-0.4, -0.2) is 13.4 Å². The molecular weight excluding hydrogens is 248 g/mol. The molecule has 1 aromatic heterocycles. The summed E-state index contributed by atoms with van der Waals surface area (Å²) < 4.78 is 26.8. The summed E-state index contributed by atoms with van der Waals surface area (Å²) in [5.74, 6) is 0. The molecule has 4 nitrogen and oxygen atoms in total. The Bertz CT molecular complexity index is 624. The zero-order valence-electron chi connectivity index (χ0n) is 10.00. The van der Waals surface area contributed by atoms with Gasteiger partial charge in [0.2, 0.25) is 0 Å². The summed E-state index contributed by atoms with van der Waals surface area (Å²) in [5.41, 5.74) is 1.45. The van der Waals surface area contributed by atoms with Gasteiger partial charge in [0, 0.05) is 6.20 Å². The van der Waals surface area contributed by atoms with Crippen molar-refractivity contribution in [1.29, 1.82) is 0 Å². The molecule has 1 aromatic carbocycles. The molecule has 0 saturated heterocycles. The second-order valence-corrected chi connectivity index (χ2v) is 5.49. The lowest BCUT2D eigenvalue weighted by Gasteiger charge is -2.10. The molecular formula is C13H14N2O2S.